The molecule has 3 nitrogen and oxygen atoms in total. The number of hydrogen-bond donors (Lipinski definition) is 1. The van der Waals surface area contributed by atoms with E-state index in [1.807, 2.05) is 42.5 Å². The molecule has 0 aliphatic heterocycles. The van der Waals surface area contributed by atoms with Crippen molar-refractivity contribution in [2.45, 2.75) is 0 Å². The van der Waals surface area contributed by atoms with Gasteiger partial charge in [0.1, 0.15) is 10.8 Å². The van der Waals surface area contributed by atoms with E-state index in [2.05, 4.69) is 16.0 Å². The van der Waals surface area contributed by atoms with Crippen LogP contribution in [-0.2, 0) is 0 Å². The van der Waals surface area contributed by atoms with Crippen LogP contribution >= 0.6 is 22.9 Å². The van der Waals surface area contributed by atoms with Gasteiger partial charge in [-0.3, -0.25) is 0 Å². The van der Waals surface area contributed by atoms with Gasteiger partial charge in [-0.1, -0.05) is 24.3 Å². The van der Waals surface area contributed by atoms with Gasteiger partial charge in [-0.25, -0.2) is 9.98 Å². The zero-order valence-corrected chi connectivity index (χ0v) is 12.2. The quantitative estimate of drug-likeness (QED) is 0.448. The summed E-state index contributed by atoms with van der Waals surface area (Å²) in [6, 6.07) is 15.9. The van der Waals surface area contributed by atoms with Crippen LogP contribution in [0.25, 0.3) is 20.8 Å². The highest BCUT2D eigenvalue weighted by Crippen LogP contribution is 2.31. The summed E-state index contributed by atoms with van der Waals surface area (Å²) in [6.45, 7) is 0. The highest BCUT2D eigenvalue weighted by atomic mass is 35.5. The first-order valence-electron chi connectivity index (χ1n) is 6.11. The van der Waals surface area contributed by atoms with Crippen molar-refractivity contribution in [3.63, 3.8) is 0 Å². The maximum atomic E-state index is 5.66. The molecule has 0 atom stereocenters. The van der Waals surface area contributed by atoms with Crippen LogP contribution in [-0.4, -0.2) is 16.7 Å². The van der Waals surface area contributed by atoms with Crippen LogP contribution in [0.5, 0.6) is 0 Å². The molecule has 0 bridgehead atoms. The third kappa shape index (κ3) is 2.66. The van der Waals surface area contributed by atoms with Gasteiger partial charge in [-0.2, -0.15) is 0 Å². The molecule has 20 heavy (non-hydrogen) atoms. The zero-order valence-electron chi connectivity index (χ0n) is 10.6. The molecule has 0 fully saturated rings. The summed E-state index contributed by atoms with van der Waals surface area (Å²) < 4.78 is 1.18. The third-order valence-corrected chi connectivity index (χ3v) is 4.16. The molecule has 0 radical (unpaired) electrons. The molecule has 2 aromatic carbocycles. The Kier molecular flexibility index (Phi) is 3.67. The molecule has 1 aromatic heterocycles. The number of rotatable bonds is 3. The predicted molar refractivity (Wildman–Crippen MR) is 87.1 cm³/mol. The molecular weight excluding hydrogens is 290 g/mol. The number of hydrogen-bond acceptors (Lipinski definition) is 3. The molecule has 0 saturated carbocycles. The van der Waals surface area contributed by atoms with Crippen molar-refractivity contribution in [3.05, 3.63) is 48.5 Å². The Morgan fingerprint density at radius 3 is 2.85 bits per heavy atom. The van der Waals surface area contributed by atoms with Crippen LogP contribution in [0.4, 0.5) is 5.69 Å². The molecule has 0 aliphatic rings. The van der Waals surface area contributed by atoms with Crippen molar-refractivity contribution in [2.24, 2.45) is 10.7 Å². The molecule has 0 amide bonds. The second-order valence-electron chi connectivity index (χ2n) is 4.27. The molecular formula is C15H12ClN3S. The number of aliphatic imine (C=N–C) groups is 1. The number of para-hydroxylation sites is 1. The lowest BCUT2D eigenvalue weighted by Gasteiger charge is -1.99. The van der Waals surface area contributed by atoms with Crippen molar-refractivity contribution in [3.8, 4) is 10.6 Å². The van der Waals surface area contributed by atoms with Crippen molar-refractivity contribution in [2.75, 3.05) is 5.88 Å². The van der Waals surface area contributed by atoms with Gasteiger partial charge < -0.3 is 5.73 Å². The van der Waals surface area contributed by atoms with Crippen molar-refractivity contribution < 1.29 is 0 Å². The van der Waals surface area contributed by atoms with Crippen LogP contribution in [0.15, 0.2) is 53.5 Å². The van der Waals surface area contributed by atoms with E-state index in [0.717, 1.165) is 21.8 Å². The Bertz CT molecular complexity index is 746. The number of halogens is 1. The molecule has 2 N–H and O–H groups in total. The summed E-state index contributed by atoms with van der Waals surface area (Å²) in [6.07, 6.45) is 0. The highest BCUT2D eigenvalue weighted by Gasteiger charge is 2.06. The molecule has 1 heterocycles. The molecule has 100 valence electrons. The smallest absolute Gasteiger partial charge is 0.124 e. The van der Waals surface area contributed by atoms with E-state index in [0.29, 0.717) is 5.84 Å². The van der Waals surface area contributed by atoms with Gasteiger partial charge in [0.05, 0.1) is 21.8 Å². The molecule has 0 aliphatic carbocycles. The minimum absolute atomic E-state index is 0.228. The minimum atomic E-state index is 0.228. The summed E-state index contributed by atoms with van der Waals surface area (Å²) in [7, 11) is 0. The van der Waals surface area contributed by atoms with Gasteiger partial charge in [0, 0.05) is 5.56 Å². The maximum absolute atomic E-state index is 5.66. The Hall–Kier alpha value is -1.91. The number of thiazole rings is 1. The fourth-order valence-corrected chi connectivity index (χ4v) is 2.92. The number of amidine groups is 1. The Labute approximate surface area is 125 Å². The standard InChI is InChI=1S/C15H12ClN3S/c16-9-14(17)18-11-5-3-4-10(8-11)15-19-12-6-1-2-7-13(12)20-15/h1-8H,9H2,(H2,17,18). The third-order valence-electron chi connectivity index (χ3n) is 2.80. The van der Waals surface area contributed by atoms with Crippen LogP contribution in [0, 0.1) is 0 Å². The van der Waals surface area contributed by atoms with E-state index < -0.39 is 0 Å². The van der Waals surface area contributed by atoms with E-state index in [4.69, 9.17) is 17.3 Å². The zero-order chi connectivity index (χ0) is 13.9. The number of nitrogens with zero attached hydrogens (tertiary/aromatic N) is 2. The molecule has 3 rings (SSSR count). The van der Waals surface area contributed by atoms with E-state index in [-0.39, 0.29) is 5.88 Å². The fraction of sp³-hybridized carbons (Fsp3) is 0.0667. The van der Waals surface area contributed by atoms with Crippen LogP contribution < -0.4 is 5.73 Å². The molecule has 0 unspecified atom stereocenters. The number of nitrogens with two attached hydrogens (primary N) is 1. The average molecular weight is 302 g/mol. The summed E-state index contributed by atoms with van der Waals surface area (Å²) >= 11 is 7.31. The van der Waals surface area contributed by atoms with Crippen LogP contribution in [0.1, 0.15) is 0 Å². The largest absolute Gasteiger partial charge is 0.386 e. The summed E-state index contributed by atoms with van der Waals surface area (Å²) in [4.78, 5) is 8.89. The van der Waals surface area contributed by atoms with E-state index in [1.165, 1.54) is 4.70 Å². The van der Waals surface area contributed by atoms with E-state index >= 15 is 0 Å². The average Bonchev–Trinajstić information content (AvgIpc) is 2.91. The lowest BCUT2D eigenvalue weighted by molar-refractivity contribution is 1.43. The number of fused-ring (bicyclic) bond motifs is 1. The Morgan fingerprint density at radius 1 is 1.20 bits per heavy atom. The molecule has 3 aromatic rings. The lowest BCUT2D eigenvalue weighted by atomic mass is 10.2. The van der Waals surface area contributed by atoms with Crippen molar-refractivity contribution >= 4 is 44.7 Å². The number of benzene rings is 2. The van der Waals surface area contributed by atoms with Gasteiger partial charge in [0.2, 0.25) is 0 Å². The monoisotopic (exact) mass is 301 g/mol. The summed E-state index contributed by atoms with van der Waals surface area (Å²) in [5.41, 5.74) is 8.50. The van der Waals surface area contributed by atoms with Crippen molar-refractivity contribution in [1.29, 1.82) is 0 Å². The molecule has 0 spiro atoms. The first-order valence-corrected chi connectivity index (χ1v) is 7.46. The van der Waals surface area contributed by atoms with Crippen LogP contribution in [0.3, 0.4) is 0 Å². The van der Waals surface area contributed by atoms with Gasteiger partial charge >= 0.3 is 0 Å². The normalized spacial score (nSPS) is 11.9. The highest BCUT2D eigenvalue weighted by molar-refractivity contribution is 7.21. The Balaban J connectivity index is 2.03. The first kappa shape index (κ1) is 13.1. The number of alkyl halides is 1. The number of aromatic nitrogens is 1. The topological polar surface area (TPSA) is 51.3 Å². The van der Waals surface area contributed by atoms with Gasteiger partial charge in [0.15, 0.2) is 0 Å². The van der Waals surface area contributed by atoms with E-state index in [9.17, 15) is 0 Å². The van der Waals surface area contributed by atoms with E-state index in [1.54, 1.807) is 11.3 Å². The fourth-order valence-electron chi connectivity index (χ4n) is 1.90. The minimum Gasteiger partial charge on any atom is -0.386 e. The lowest BCUT2D eigenvalue weighted by Crippen LogP contribution is -2.12. The SMILES string of the molecule is NC(CCl)=Nc1cccc(-c2nc3ccccc3s2)c1. The van der Waals surface area contributed by atoms with Gasteiger partial charge in [-0.05, 0) is 24.3 Å². The second kappa shape index (κ2) is 5.61. The van der Waals surface area contributed by atoms with Crippen molar-refractivity contribution in [1.82, 2.24) is 4.98 Å². The molecule has 5 heteroatoms. The predicted octanol–water partition coefficient (Wildman–Crippen LogP) is 4.19. The summed E-state index contributed by atoms with van der Waals surface area (Å²) in [5, 5.41) is 0.979. The summed E-state index contributed by atoms with van der Waals surface area (Å²) in [5.74, 6) is 0.638. The second-order valence-corrected chi connectivity index (χ2v) is 5.57. The Morgan fingerprint density at radius 2 is 2.05 bits per heavy atom. The maximum Gasteiger partial charge on any atom is 0.124 e. The first-order chi connectivity index (χ1) is 9.76. The van der Waals surface area contributed by atoms with Gasteiger partial charge in [0.25, 0.3) is 0 Å². The van der Waals surface area contributed by atoms with Crippen LogP contribution in [0.2, 0.25) is 0 Å². The van der Waals surface area contributed by atoms with Gasteiger partial charge in [-0.15, -0.1) is 22.9 Å². The molecule has 0 saturated heterocycles.